The van der Waals surface area contributed by atoms with E-state index in [2.05, 4.69) is 0 Å². The Hall–Kier alpha value is -1.14. The summed E-state index contributed by atoms with van der Waals surface area (Å²) in [6.45, 7) is 4.17. The second-order valence-electron chi connectivity index (χ2n) is 6.28. The first kappa shape index (κ1) is 16.2. The molecule has 2 rings (SSSR count). The largest absolute Gasteiger partial charge is 0.480 e. The van der Waals surface area contributed by atoms with Gasteiger partial charge >= 0.3 is 5.97 Å². The van der Waals surface area contributed by atoms with E-state index in [0.29, 0.717) is 26.2 Å². The second-order valence-corrected chi connectivity index (χ2v) is 6.28. The molecule has 21 heavy (non-hydrogen) atoms. The molecular formula is C15H27N3O3. The highest BCUT2D eigenvalue weighted by molar-refractivity contribution is 5.80. The van der Waals surface area contributed by atoms with Crippen LogP contribution in [-0.4, -0.2) is 65.0 Å². The van der Waals surface area contributed by atoms with Gasteiger partial charge < -0.3 is 15.7 Å². The van der Waals surface area contributed by atoms with Crippen LogP contribution in [0.2, 0.25) is 0 Å². The van der Waals surface area contributed by atoms with Crippen LogP contribution in [0.5, 0.6) is 0 Å². The van der Waals surface area contributed by atoms with Crippen LogP contribution < -0.4 is 5.73 Å². The summed E-state index contributed by atoms with van der Waals surface area (Å²) in [6.07, 6.45) is 5.20. The predicted octanol–water partition coefficient (Wildman–Crippen LogP) is 0.511. The molecule has 1 amide bonds. The molecule has 6 heteroatoms. The third-order valence-electron chi connectivity index (χ3n) is 4.92. The number of carboxylic acid groups (broad SMARTS) is 1. The molecule has 1 saturated carbocycles. The highest BCUT2D eigenvalue weighted by atomic mass is 16.4. The molecule has 0 aromatic heterocycles. The molecule has 120 valence electrons. The number of hydrogen-bond donors (Lipinski definition) is 2. The van der Waals surface area contributed by atoms with Crippen molar-refractivity contribution in [1.29, 1.82) is 0 Å². The Labute approximate surface area is 126 Å². The molecule has 3 atom stereocenters. The third-order valence-corrected chi connectivity index (χ3v) is 4.92. The van der Waals surface area contributed by atoms with Crippen LogP contribution in [0.15, 0.2) is 0 Å². The van der Waals surface area contributed by atoms with E-state index < -0.39 is 12.0 Å². The number of amides is 1. The summed E-state index contributed by atoms with van der Waals surface area (Å²) in [5.41, 5.74) is 6.17. The van der Waals surface area contributed by atoms with Crippen LogP contribution in [0.25, 0.3) is 0 Å². The van der Waals surface area contributed by atoms with Gasteiger partial charge in [-0.3, -0.25) is 14.5 Å². The SMILES string of the molecule is CC(C(=O)O)N1CCN(C(=O)C2CCCCCC2N)CC1. The van der Waals surface area contributed by atoms with Gasteiger partial charge in [-0.25, -0.2) is 0 Å². The summed E-state index contributed by atoms with van der Waals surface area (Å²) in [5.74, 6) is -0.677. The lowest BCUT2D eigenvalue weighted by atomic mass is 9.93. The minimum atomic E-state index is -0.805. The molecule has 2 aliphatic rings. The Bertz CT molecular complexity index is 380. The van der Waals surface area contributed by atoms with Crippen molar-refractivity contribution >= 4 is 11.9 Å². The molecule has 1 aliphatic heterocycles. The fraction of sp³-hybridized carbons (Fsp3) is 0.867. The molecule has 3 N–H and O–H groups in total. The summed E-state index contributed by atoms with van der Waals surface area (Å²) in [5, 5.41) is 9.04. The lowest BCUT2D eigenvalue weighted by Gasteiger charge is -2.38. The summed E-state index contributed by atoms with van der Waals surface area (Å²) in [7, 11) is 0. The van der Waals surface area contributed by atoms with Gasteiger partial charge in [-0.15, -0.1) is 0 Å². The van der Waals surface area contributed by atoms with Gasteiger partial charge in [-0.05, 0) is 19.8 Å². The smallest absolute Gasteiger partial charge is 0.320 e. The van der Waals surface area contributed by atoms with Gasteiger partial charge in [0.1, 0.15) is 6.04 Å². The maximum Gasteiger partial charge on any atom is 0.320 e. The molecule has 1 aliphatic carbocycles. The maximum absolute atomic E-state index is 12.6. The summed E-state index contributed by atoms with van der Waals surface area (Å²) in [4.78, 5) is 27.4. The van der Waals surface area contributed by atoms with Crippen molar-refractivity contribution in [1.82, 2.24) is 9.80 Å². The number of rotatable bonds is 3. The zero-order valence-corrected chi connectivity index (χ0v) is 12.8. The fourth-order valence-corrected chi connectivity index (χ4v) is 3.36. The van der Waals surface area contributed by atoms with E-state index in [9.17, 15) is 9.59 Å². The van der Waals surface area contributed by atoms with Crippen LogP contribution in [0, 0.1) is 5.92 Å². The van der Waals surface area contributed by atoms with Crippen molar-refractivity contribution in [3.63, 3.8) is 0 Å². The van der Waals surface area contributed by atoms with Crippen LogP contribution in [0.1, 0.15) is 39.0 Å². The minimum Gasteiger partial charge on any atom is -0.480 e. The Morgan fingerprint density at radius 2 is 1.71 bits per heavy atom. The van der Waals surface area contributed by atoms with E-state index in [4.69, 9.17) is 10.8 Å². The Morgan fingerprint density at radius 1 is 1.10 bits per heavy atom. The van der Waals surface area contributed by atoms with Crippen molar-refractivity contribution in [3.05, 3.63) is 0 Å². The number of carboxylic acids is 1. The van der Waals surface area contributed by atoms with Gasteiger partial charge in [-0.2, -0.15) is 0 Å². The van der Waals surface area contributed by atoms with Gasteiger partial charge in [0.15, 0.2) is 0 Å². The first-order valence-electron chi connectivity index (χ1n) is 8.02. The first-order chi connectivity index (χ1) is 10.0. The molecule has 0 spiro atoms. The van der Waals surface area contributed by atoms with Gasteiger partial charge in [-0.1, -0.05) is 19.3 Å². The number of nitrogens with two attached hydrogens (primary N) is 1. The summed E-state index contributed by atoms with van der Waals surface area (Å²) in [6, 6.07) is -0.502. The number of carbonyl (C=O) groups is 2. The maximum atomic E-state index is 12.6. The molecule has 0 bridgehead atoms. The van der Waals surface area contributed by atoms with E-state index >= 15 is 0 Å². The Kier molecular flexibility index (Phi) is 5.58. The lowest BCUT2D eigenvalue weighted by molar-refractivity contribution is -0.144. The van der Waals surface area contributed by atoms with Crippen LogP contribution in [0.3, 0.4) is 0 Å². The normalized spacial score (nSPS) is 29.7. The van der Waals surface area contributed by atoms with E-state index in [1.807, 2.05) is 9.80 Å². The van der Waals surface area contributed by atoms with Gasteiger partial charge in [0.25, 0.3) is 0 Å². The Balaban J connectivity index is 1.89. The summed E-state index contributed by atoms with van der Waals surface area (Å²) >= 11 is 0. The highest BCUT2D eigenvalue weighted by Crippen LogP contribution is 2.24. The van der Waals surface area contributed by atoms with Gasteiger partial charge in [0, 0.05) is 32.2 Å². The molecule has 2 fully saturated rings. The molecule has 6 nitrogen and oxygen atoms in total. The quantitative estimate of drug-likeness (QED) is 0.741. The van der Waals surface area contributed by atoms with Gasteiger partial charge in [0.05, 0.1) is 5.92 Å². The number of aliphatic carboxylic acids is 1. The van der Waals surface area contributed by atoms with Crippen molar-refractivity contribution < 1.29 is 14.7 Å². The zero-order valence-electron chi connectivity index (χ0n) is 12.8. The molecule has 1 heterocycles. The second kappa shape index (κ2) is 7.22. The van der Waals surface area contributed by atoms with Crippen LogP contribution >= 0.6 is 0 Å². The fourth-order valence-electron chi connectivity index (χ4n) is 3.36. The van der Waals surface area contributed by atoms with E-state index in [1.165, 1.54) is 6.42 Å². The average Bonchev–Trinajstić information content (AvgIpc) is 2.70. The molecule has 0 radical (unpaired) electrons. The Morgan fingerprint density at radius 3 is 2.33 bits per heavy atom. The highest BCUT2D eigenvalue weighted by Gasteiger charge is 2.33. The van der Waals surface area contributed by atoms with E-state index in [1.54, 1.807) is 6.92 Å². The zero-order chi connectivity index (χ0) is 15.4. The van der Waals surface area contributed by atoms with Crippen molar-refractivity contribution in [2.45, 2.75) is 51.1 Å². The molecule has 3 unspecified atom stereocenters. The van der Waals surface area contributed by atoms with Crippen LogP contribution in [0.4, 0.5) is 0 Å². The first-order valence-corrected chi connectivity index (χ1v) is 8.02. The molecule has 0 aromatic rings. The van der Waals surface area contributed by atoms with E-state index in [-0.39, 0.29) is 17.9 Å². The molecule has 1 saturated heterocycles. The average molecular weight is 297 g/mol. The monoisotopic (exact) mass is 297 g/mol. The molecule has 0 aromatic carbocycles. The number of carbonyl (C=O) groups excluding carboxylic acids is 1. The number of piperazine rings is 1. The standard InChI is InChI=1S/C15H27N3O3/c1-11(15(20)21)17-7-9-18(10-8-17)14(19)12-5-3-2-4-6-13(12)16/h11-13H,2-10,16H2,1H3,(H,20,21). The minimum absolute atomic E-state index is 0.0176. The topological polar surface area (TPSA) is 86.9 Å². The molecular weight excluding hydrogens is 270 g/mol. The summed E-state index contributed by atoms with van der Waals surface area (Å²) < 4.78 is 0. The van der Waals surface area contributed by atoms with Gasteiger partial charge in [0.2, 0.25) is 5.91 Å². The van der Waals surface area contributed by atoms with Crippen molar-refractivity contribution in [2.24, 2.45) is 11.7 Å². The predicted molar refractivity (Wildman–Crippen MR) is 79.8 cm³/mol. The van der Waals surface area contributed by atoms with E-state index in [0.717, 1.165) is 25.7 Å². The van der Waals surface area contributed by atoms with Crippen LogP contribution in [-0.2, 0) is 9.59 Å². The van der Waals surface area contributed by atoms with Crippen molar-refractivity contribution in [3.8, 4) is 0 Å². The lowest BCUT2D eigenvalue weighted by Crippen LogP contribution is -2.55. The van der Waals surface area contributed by atoms with Crippen molar-refractivity contribution in [2.75, 3.05) is 26.2 Å². The number of hydrogen-bond acceptors (Lipinski definition) is 4. The number of nitrogens with zero attached hydrogens (tertiary/aromatic N) is 2. The third kappa shape index (κ3) is 3.95.